The Morgan fingerprint density at radius 2 is 1.83 bits per heavy atom. The lowest BCUT2D eigenvalue weighted by Crippen LogP contribution is -1.96. The predicted octanol–water partition coefficient (Wildman–Crippen LogP) is 4.24. The van der Waals surface area contributed by atoms with Crippen molar-refractivity contribution in [3.05, 3.63) is 40.6 Å². The number of hydrogen-bond acceptors (Lipinski definition) is 3. The molecule has 5 heteroatoms. The first-order chi connectivity index (χ1) is 8.69. The van der Waals surface area contributed by atoms with E-state index in [0.717, 1.165) is 17.7 Å². The van der Waals surface area contributed by atoms with Gasteiger partial charge in [-0.2, -0.15) is 0 Å². The maximum atomic E-state index is 5.86. The summed E-state index contributed by atoms with van der Waals surface area (Å²) < 4.78 is 5.56. The van der Waals surface area contributed by atoms with Gasteiger partial charge in [-0.1, -0.05) is 42.3 Å². The zero-order valence-corrected chi connectivity index (χ0v) is 11.4. The van der Waals surface area contributed by atoms with Gasteiger partial charge in [-0.05, 0) is 18.6 Å². The van der Waals surface area contributed by atoms with Crippen molar-refractivity contribution < 1.29 is 4.74 Å². The molecule has 0 fully saturated rings. The van der Waals surface area contributed by atoms with Gasteiger partial charge in [0.25, 0.3) is 0 Å². The number of hydrogen-bond donors (Lipinski definition) is 0. The highest BCUT2D eigenvalue weighted by Gasteiger charge is 2.06. The van der Waals surface area contributed by atoms with Crippen molar-refractivity contribution in [1.82, 2.24) is 9.97 Å². The van der Waals surface area contributed by atoms with Gasteiger partial charge >= 0.3 is 0 Å². The number of aromatic nitrogens is 2. The van der Waals surface area contributed by atoms with Gasteiger partial charge in [-0.15, -0.1) is 0 Å². The minimum atomic E-state index is 0.324. The molecular formula is C13H12Cl2N2O. The highest BCUT2D eigenvalue weighted by molar-refractivity contribution is 6.33. The molecule has 0 unspecified atom stereocenters. The zero-order valence-electron chi connectivity index (χ0n) is 9.86. The molecule has 0 radical (unpaired) electrons. The van der Waals surface area contributed by atoms with Crippen molar-refractivity contribution in [2.24, 2.45) is 0 Å². The minimum absolute atomic E-state index is 0.324. The molecule has 0 amide bonds. The Labute approximate surface area is 116 Å². The van der Waals surface area contributed by atoms with E-state index in [4.69, 9.17) is 27.9 Å². The predicted molar refractivity (Wildman–Crippen MR) is 73.3 cm³/mol. The van der Waals surface area contributed by atoms with Crippen LogP contribution in [0.4, 0.5) is 0 Å². The van der Waals surface area contributed by atoms with Crippen molar-refractivity contribution in [3.63, 3.8) is 0 Å². The van der Waals surface area contributed by atoms with E-state index in [0.29, 0.717) is 22.7 Å². The van der Waals surface area contributed by atoms with Gasteiger partial charge < -0.3 is 4.74 Å². The summed E-state index contributed by atoms with van der Waals surface area (Å²) in [6.45, 7) is 2.74. The smallest absolute Gasteiger partial charge is 0.162 e. The van der Waals surface area contributed by atoms with Crippen LogP contribution in [-0.2, 0) is 0 Å². The van der Waals surface area contributed by atoms with Crippen LogP contribution in [0.3, 0.4) is 0 Å². The quantitative estimate of drug-likeness (QED) is 0.787. The van der Waals surface area contributed by atoms with Crippen LogP contribution in [-0.4, -0.2) is 16.6 Å². The van der Waals surface area contributed by atoms with Crippen LogP contribution in [0.5, 0.6) is 5.75 Å². The molecule has 0 saturated carbocycles. The van der Waals surface area contributed by atoms with Crippen LogP contribution in [0.2, 0.25) is 10.3 Å². The third kappa shape index (κ3) is 3.34. The van der Waals surface area contributed by atoms with E-state index in [-0.39, 0.29) is 0 Å². The summed E-state index contributed by atoms with van der Waals surface area (Å²) in [7, 11) is 0. The van der Waals surface area contributed by atoms with E-state index in [1.54, 1.807) is 0 Å². The standard InChI is InChI=1S/C13H12Cl2N2O/c1-2-6-18-10-5-3-4-9(7-10)13-16-11(14)8-12(15)17-13/h3-5,7-8H,2,6H2,1H3. The summed E-state index contributed by atoms with van der Waals surface area (Å²) in [5, 5.41) is 0.648. The average Bonchev–Trinajstić information content (AvgIpc) is 2.35. The molecule has 1 aromatic carbocycles. The van der Waals surface area contributed by atoms with Crippen LogP contribution in [0.25, 0.3) is 11.4 Å². The molecule has 0 spiro atoms. The van der Waals surface area contributed by atoms with Crippen molar-refractivity contribution in [3.8, 4) is 17.1 Å². The molecule has 0 aliphatic rings. The van der Waals surface area contributed by atoms with E-state index in [1.165, 1.54) is 6.07 Å². The van der Waals surface area contributed by atoms with Gasteiger partial charge in [0.05, 0.1) is 6.61 Å². The number of rotatable bonds is 4. The number of halogens is 2. The second-order valence-corrected chi connectivity index (χ2v) is 4.49. The fraction of sp³-hybridized carbons (Fsp3) is 0.231. The third-order valence-corrected chi connectivity index (χ3v) is 2.62. The highest BCUT2D eigenvalue weighted by atomic mass is 35.5. The molecule has 2 aromatic rings. The molecule has 0 bridgehead atoms. The lowest BCUT2D eigenvalue weighted by atomic mass is 10.2. The van der Waals surface area contributed by atoms with Crippen molar-refractivity contribution >= 4 is 23.2 Å². The second-order valence-electron chi connectivity index (χ2n) is 3.71. The molecule has 0 saturated heterocycles. The molecule has 1 aromatic heterocycles. The fourth-order valence-electron chi connectivity index (χ4n) is 1.46. The summed E-state index contributed by atoms with van der Waals surface area (Å²) in [5.74, 6) is 1.28. The van der Waals surface area contributed by atoms with Gasteiger partial charge in [-0.25, -0.2) is 9.97 Å². The number of benzene rings is 1. The first-order valence-corrected chi connectivity index (χ1v) is 6.38. The van der Waals surface area contributed by atoms with E-state index in [9.17, 15) is 0 Å². The Hall–Kier alpha value is -1.32. The summed E-state index contributed by atoms with van der Waals surface area (Å²) in [6.07, 6.45) is 0.962. The first kappa shape index (κ1) is 13.1. The average molecular weight is 283 g/mol. The molecule has 0 aliphatic carbocycles. The monoisotopic (exact) mass is 282 g/mol. The SMILES string of the molecule is CCCOc1cccc(-c2nc(Cl)cc(Cl)n2)c1. The van der Waals surface area contributed by atoms with Gasteiger partial charge in [0, 0.05) is 11.6 Å². The van der Waals surface area contributed by atoms with Gasteiger partial charge in [0.2, 0.25) is 0 Å². The Morgan fingerprint density at radius 1 is 1.11 bits per heavy atom. The van der Waals surface area contributed by atoms with Crippen molar-refractivity contribution in [2.75, 3.05) is 6.61 Å². The molecule has 3 nitrogen and oxygen atoms in total. The molecule has 0 N–H and O–H groups in total. The summed E-state index contributed by atoms with van der Waals surface area (Å²) >= 11 is 11.7. The van der Waals surface area contributed by atoms with Gasteiger partial charge in [-0.3, -0.25) is 0 Å². The number of nitrogens with zero attached hydrogens (tertiary/aromatic N) is 2. The van der Waals surface area contributed by atoms with Gasteiger partial charge in [0.15, 0.2) is 5.82 Å². The Balaban J connectivity index is 2.32. The van der Waals surface area contributed by atoms with Crippen LogP contribution >= 0.6 is 23.2 Å². The van der Waals surface area contributed by atoms with Crippen molar-refractivity contribution in [2.45, 2.75) is 13.3 Å². The van der Waals surface area contributed by atoms with Crippen LogP contribution in [0.1, 0.15) is 13.3 Å². The Kier molecular flexibility index (Phi) is 4.39. The molecule has 18 heavy (non-hydrogen) atoms. The van der Waals surface area contributed by atoms with Gasteiger partial charge in [0.1, 0.15) is 16.1 Å². The summed E-state index contributed by atoms with van der Waals surface area (Å²) in [4.78, 5) is 8.28. The first-order valence-electron chi connectivity index (χ1n) is 5.62. The maximum absolute atomic E-state index is 5.86. The topological polar surface area (TPSA) is 35.0 Å². The molecule has 0 atom stereocenters. The van der Waals surface area contributed by atoms with E-state index >= 15 is 0 Å². The molecule has 0 aliphatic heterocycles. The third-order valence-electron chi connectivity index (χ3n) is 2.23. The van der Waals surface area contributed by atoms with Crippen LogP contribution < -0.4 is 4.74 Å². The normalized spacial score (nSPS) is 10.4. The zero-order chi connectivity index (χ0) is 13.0. The summed E-state index contributed by atoms with van der Waals surface area (Å²) in [6, 6.07) is 9.05. The molecule has 1 heterocycles. The molecular weight excluding hydrogens is 271 g/mol. The maximum Gasteiger partial charge on any atom is 0.162 e. The minimum Gasteiger partial charge on any atom is -0.494 e. The second kappa shape index (κ2) is 6.03. The Morgan fingerprint density at radius 3 is 2.50 bits per heavy atom. The Bertz CT molecular complexity index is 526. The van der Waals surface area contributed by atoms with E-state index in [2.05, 4.69) is 16.9 Å². The lowest BCUT2D eigenvalue weighted by Gasteiger charge is -2.06. The summed E-state index contributed by atoms with van der Waals surface area (Å²) in [5.41, 5.74) is 0.827. The van der Waals surface area contributed by atoms with E-state index in [1.807, 2.05) is 24.3 Å². The van der Waals surface area contributed by atoms with Crippen molar-refractivity contribution in [1.29, 1.82) is 0 Å². The number of ether oxygens (including phenoxy) is 1. The lowest BCUT2D eigenvalue weighted by molar-refractivity contribution is 0.317. The molecule has 94 valence electrons. The highest BCUT2D eigenvalue weighted by Crippen LogP contribution is 2.23. The fourth-order valence-corrected chi connectivity index (χ4v) is 1.89. The van der Waals surface area contributed by atoms with E-state index < -0.39 is 0 Å². The van der Waals surface area contributed by atoms with Crippen LogP contribution in [0.15, 0.2) is 30.3 Å². The largest absolute Gasteiger partial charge is 0.494 e. The molecule has 2 rings (SSSR count). The van der Waals surface area contributed by atoms with Crippen LogP contribution in [0, 0.1) is 0 Å².